The molecule has 0 saturated carbocycles. The molecular weight excluding hydrogens is 124 g/mol. The van der Waals surface area contributed by atoms with Crippen molar-refractivity contribution in [2.45, 2.75) is 40.5 Å². The van der Waals surface area contributed by atoms with E-state index in [9.17, 15) is 4.79 Å². The lowest BCUT2D eigenvalue weighted by Crippen LogP contribution is -2.11. The maximum Gasteiger partial charge on any atom is 0.130 e. The average Bonchev–Trinajstić information content (AvgIpc) is 1.81. The fourth-order valence-corrected chi connectivity index (χ4v) is 1.22. The largest absolute Gasteiger partial charge is 0.300 e. The molecule has 1 unspecified atom stereocenters. The van der Waals surface area contributed by atoms with Crippen LogP contribution in [-0.4, -0.2) is 5.78 Å². The number of Topliss-reactive ketones (excluding diaryl/α,β-unsaturated/α-hetero) is 1. The fraction of sp³-hybridized carbons (Fsp3) is 0.889. The summed E-state index contributed by atoms with van der Waals surface area (Å²) in [5.74, 6) is 1.56. The van der Waals surface area contributed by atoms with Gasteiger partial charge in [-0.1, -0.05) is 27.2 Å². The van der Waals surface area contributed by atoms with Gasteiger partial charge in [0.1, 0.15) is 5.78 Å². The predicted octanol–water partition coefficient (Wildman–Crippen LogP) is 2.65. The first kappa shape index (κ1) is 9.67. The second kappa shape index (κ2) is 4.48. The van der Waals surface area contributed by atoms with E-state index in [4.69, 9.17) is 0 Å². The van der Waals surface area contributed by atoms with Gasteiger partial charge in [0.2, 0.25) is 0 Å². The Morgan fingerprint density at radius 1 is 1.40 bits per heavy atom. The summed E-state index contributed by atoms with van der Waals surface area (Å²) in [5.41, 5.74) is 0. The predicted molar refractivity (Wildman–Crippen MR) is 43.9 cm³/mol. The van der Waals surface area contributed by atoms with Crippen molar-refractivity contribution in [3.05, 3.63) is 0 Å². The number of hydrogen-bond donors (Lipinski definition) is 0. The lowest BCUT2D eigenvalue weighted by Gasteiger charge is -2.16. The van der Waals surface area contributed by atoms with E-state index in [-0.39, 0.29) is 0 Å². The highest BCUT2D eigenvalue weighted by atomic mass is 16.1. The third-order valence-corrected chi connectivity index (χ3v) is 2.02. The monoisotopic (exact) mass is 142 g/mol. The number of carbonyl (C=O) groups excluding carboxylic acids is 1. The van der Waals surface area contributed by atoms with Crippen molar-refractivity contribution in [2.24, 2.45) is 11.8 Å². The molecule has 0 aromatic carbocycles. The molecule has 0 N–H and O–H groups in total. The topological polar surface area (TPSA) is 17.1 Å². The highest BCUT2D eigenvalue weighted by Crippen LogP contribution is 2.18. The Morgan fingerprint density at radius 2 is 1.90 bits per heavy atom. The van der Waals surface area contributed by atoms with Crippen molar-refractivity contribution in [2.75, 3.05) is 0 Å². The highest BCUT2D eigenvalue weighted by Gasteiger charge is 2.12. The van der Waals surface area contributed by atoms with Gasteiger partial charge in [-0.2, -0.15) is 0 Å². The minimum atomic E-state index is 0.320. The molecule has 0 rings (SSSR count). The highest BCUT2D eigenvalue weighted by molar-refractivity contribution is 5.75. The van der Waals surface area contributed by atoms with E-state index in [1.54, 1.807) is 6.92 Å². The molecule has 0 aliphatic heterocycles. The van der Waals surface area contributed by atoms with Crippen LogP contribution in [0.3, 0.4) is 0 Å². The third-order valence-electron chi connectivity index (χ3n) is 2.02. The molecule has 1 atom stereocenters. The summed E-state index contributed by atoms with van der Waals surface area (Å²) in [6.45, 7) is 8.17. The molecular formula is C9H18O. The molecule has 0 aromatic rings. The van der Waals surface area contributed by atoms with Crippen molar-refractivity contribution >= 4 is 5.78 Å². The average molecular weight is 142 g/mol. The van der Waals surface area contributed by atoms with Gasteiger partial charge in [0, 0.05) is 6.42 Å². The standard InChI is InChI=1S/C9H18O/c1-5-9(7(2)3)6-8(4)10/h7,9H,5-6H2,1-4H3. The normalized spacial score (nSPS) is 13.7. The van der Waals surface area contributed by atoms with Gasteiger partial charge in [-0.3, -0.25) is 0 Å². The van der Waals surface area contributed by atoms with E-state index in [2.05, 4.69) is 20.8 Å². The smallest absolute Gasteiger partial charge is 0.130 e. The van der Waals surface area contributed by atoms with Crippen LogP contribution in [-0.2, 0) is 4.79 Å². The van der Waals surface area contributed by atoms with Crippen LogP contribution in [0.4, 0.5) is 0 Å². The van der Waals surface area contributed by atoms with Crippen molar-refractivity contribution in [3.63, 3.8) is 0 Å². The molecule has 1 heteroatoms. The van der Waals surface area contributed by atoms with Crippen LogP contribution < -0.4 is 0 Å². The summed E-state index contributed by atoms with van der Waals surface area (Å²) in [7, 11) is 0. The van der Waals surface area contributed by atoms with Crippen molar-refractivity contribution < 1.29 is 4.79 Å². The van der Waals surface area contributed by atoms with Gasteiger partial charge in [-0.15, -0.1) is 0 Å². The summed E-state index contributed by atoms with van der Waals surface area (Å²) in [6, 6.07) is 0. The van der Waals surface area contributed by atoms with Gasteiger partial charge in [-0.25, -0.2) is 0 Å². The van der Waals surface area contributed by atoms with Gasteiger partial charge < -0.3 is 4.79 Å². The van der Waals surface area contributed by atoms with Crippen molar-refractivity contribution in [1.29, 1.82) is 0 Å². The molecule has 0 fully saturated rings. The Labute approximate surface area is 63.8 Å². The Hall–Kier alpha value is -0.330. The van der Waals surface area contributed by atoms with Crippen LogP contribution in [0.5, 0.6) is 0 Å². The first-order valence-corrected chi connectivity index (χ1v) is 4.07. The maximum absolute atomic E-state index is 10.7. The van der Waals surface area contributed by atoms with E-state index >= 15 is 0 Å². The zero-order valence-corrected chi connectivity index (χ0v) is 7.48. The van der Waals surface area contributed by atoms with Crippen LogP contribution in [0.15, 0.2) is 0 Å². The third kappa shape index (κ3) is 3.65. The lowest BCUT2D eigenvalue weighted by molar-refractivity contribution is -0.118. The van der Waals surface area contributed by atoms with Gasteiger partial charge >= 0.3 is 0 Å². The maximum atomic E-state index is 10.7. The molecule has 0 aliphatic carbocycles. The molecule has 1 nitrogen and oxygen atoms in total. The van der Waals surface area contributed by atoms with Gasteiger partial charge in [0.05, 0.1) is 0 Å². The molecule has 0 bridgehead atoms. The van der Waals surface area contributed by atoms with Crippen molar-refractivity contribution in [3.8, 4) is 0 Å². The minimum Gasteiger partial charge on any atom is -0.300 e. The number of hydrogen-bond acceptors (Lipinski definition) is 1. The Bertz CT molecular complexity index is 105. The lowest BCUT2D eigenvalue weighted by atomic mass is 9.89. The minimum absolute atomic E-state index is 0.320. The molecule has 0 amide bonds. The van der Waals surface area contributed by atoms with Gasteiger partial charge in [0.15, 0.2) is 0 Å². The van der Waals surface area contributed by atoms with E-state index in [0.29, 0.717) is 17.6 Å². The van der Waals surface area contributed by atoms with E-state index in [1.807, 2.05) is 0 Å². The van der Waals surface area contributed by atoms with Gasteiger partial charge in [0.25, 0.3) is 0 Å². The van der Waals surface area contributed by atoms with E-state index in [1.165, 1.54) is 0 Å². The van der Waals surface area contributed by atoms with Crippen LogP contribution in [0, 0.1) is 11.8 Å². The Kier molecular flexibility index (Phi) is 4.33. The second-order valence-electron chi connectivity index (χ2n) is 3.32. The zero-order valence-electron chi connectivity index (χ0n) is 7.48. The molecule has 0 radical (unpaired) electrons. The van der Waals surface area contributed by atoms with E-state index in [0.717, 1.165) is 12.8 Å². The Balaban J connectivity index is 3.71. The summed E-state index contributed by atoms with van der Waals surface area (Å²) < 4.78 is 0. The quantitative estimate of drug-likeness (QED) is 0.589. The fourth-order valence-electron chi connectivity index (χ4n) is 1.22. The summed E-state index contributed by atoms with van der Waals surface area (Å²) in [6.07, 6.45) is 1.88. The molecule has 10 heavy (non-hydrogen) atoms. The van der Waals surface area contributed by atoms with Crippen LogP contribution >= 0.6 is 0 Å². The zero-order chi connectivity index (χ0) is 8.15. The van der Waals surface area contributed by atoms with Crippen LogP contribution in [0.1, 0.15) is 40.5 Å². The number of ketones is 1. The molecule has 60 valence electrons. The number of carbonyl (C=O) groups is 1. The summed E-state index contributed by atoms with van der Waals surface area (Å²) >= 11 is 0. The summed E-state index contributed by atoms with van der Waals surface area (Å²) in [4.78, 5) is 10.7. The molecule has 0 aliphatic rings. The van der Waals surface area contributed by atoms with Crippen molar-refractivity contribution in [1.82, 2.24) is 0 Å². The van der Waals surface area contributed by atoms with E-state index < -0.39 is 0 Å². The molecule has 0 aromatic heterocycles. The molecule has 0 heterocycles. The van der Waals surface area contributed by atoms with Crippen LogP contribution in [0.2, 0.25) is 0 Å². The summed E-state index contributed by atoms with van der Waals surface area (Å²) in [5, 5.41) is 0. The van der Waals surface area contributed by atoms with Crippen LogP contribution in [0.25, 0.3) is 0 Å². The first-order chi connectivity index (χ1) is 4.57. The SMILES string of the molecule is CCC(CC(C)=O)C(C)C. The Morgan fingerprint density at radius 3 is 2.00 bits per heavy atom. The molecule has 0 saturated heterocycles. The number of rotatable bonds is 4. The second-order valence-corrected chi connectivity index (χ2v) is 3.32. The first-order valence-electron chi connectivity index (χ1n) is 4.07. The molecule has 0 spiro atoms. The van der Waals surface area contributed by atoms with Gasteiger partial charge in [-0.05, 0) is 18.8 Å².